The van der Waals surface area contributed by atoms with Crippen LogP contribution in [0.1, 0.15) is 51.2 Å². The van der Waals surface area contributed by atoms with Gasteiger partial charge in [0.1, 0.15) is 0 Å². The highest BCUT2D eigenvalue weighted by Crippen LogP contribution is 2.35. The minimum absolute atomic E-state index is 0.197. The first-order chi connectivity index (χ1) is 10.2. The van der Waals surface area contributed by atoms with E-state index in [0.29, 0.717) is 0 Å². The predicted octanol–water partition coefficient (Wildman–Crippen LogP) is 3.53. The summed E-state index contributed by atoms with van der Waals surface area (Å²) in [4.78, 5) is 12.9. The molecule has 0 saturated carbocycles. The van der Waals surface area contributed by atoms with Crippen LogP contribution < -0.4 is 10.6 Å². The molecule has 0 bridgehead atoms. The zero-order valence-electron chi connectivity index (χ0n) is 13.6. The molecule has 1 saturated heterocycles. The van der Waals surface area contributed by atoms with E-state index in [1.54, 1.807) is 0 Å². The quantitative estimate of drug-likeness (QED) is 0.870. The third-order valence-corrected chi connectivity index (χ3v) is 4.96. The normalized spacial score (nSPS) is 17.5. The van der Waals surface area contributed by atoms with Gasteiger partial charge in [-0.05, 0) is 56.3 Å². The summed E-state index contributed by atoms with van der Waals surface area (Å²) in [6.45, 7) is 8.31. The summed E-state index contributed by atoms with van der Waals surface area (Å²) in [6.07, 6.45) is 4.68. The van der Waals surface area contributed by atoms with Gasteiger partial charge in [-0.1, -0.05) is 39.0 Å². The van der Waals surface area contributed by atoms with Gasteiger partial charge in [0.25, 0.3) is 0 Å². The van der Waals surface area contributed by atoms with Crippen molar-refractivity contribution in [2.45, 2.75) is 52.9 Å². The number of amides is 1. The Hall–Kier alpha value is -1.35. The van der Waals surface area contributed by atoms with Crippen molar-refractivity contribution in [3.63, 3.8) is 0 Å². The predicted molar refractivity (Wildman–Crippen MR) is 88.7 cm³/mol. The molecule has 1 aromatic rings. The van der Waals surface area contributed by atoms with Gasteiger partial charge in [0.2, 0.25) is 5.91 Å². The lowest BCUT2D eigenvalue weighted by molar-refractivity contribution is -0.127. The van der Waals surface area contributed by atoms with Crippen molar-refractivity contribution in [2.24, 2.45) is 5.41 Å². The molecule has 1 aliphatic heterocycles. The number of para-hydroxylation sites is 1. The molecule has 0 aliphatic carbocycles. The number of nitrogens with one attached hydrogen (secondary N) is 2. The standard InChI is InChI=1S/C18H28N2O/c1-4-14-8-7-9-15(5-2)16(14)20-17(21)18(6-3)10-12-19-13-11-18/h7-9,19H,4-6,10-13H2,1-3H3,(H,20,21). The Labute approximate surface area is 128 Å². The molecule has 0 atom stereocenters. The molecule has 3 nitrogen and oxygen atoms in total. The Kier molecular flexibility index (Phi) is 5.40. The number of benzene rings is 1. The molecule has 1 fully saturated rings. The summed E-state index contributed by atoms with van der Waals surface area (Å²) in [5.74, 6) is 0.210. The van der Waals surface area contributed by atoms with E-state index in [-0.39, 0.29) is 11.3 Å². The lowest BCUT2D eigenvalue weighted by atomic mass is 9.75. The monoisotopic (exact) mass is 288 g/mol. The summed E-state index contributed by atoms with van der Waals surface area (Å²) in [5, 5.41) is 6.63. The average Bonchev–Trinajstić information content (AvgIpc) is 2.55. The zero-order valence-corrected chi connectivity index (χ0v) is 13.6. The Bertz CT molecular complexity index is 468. The van der Waals surface area contributed by atoms with Crippen molar-refractivity contribution in [3.05, 3.63) is 29.3 Å². The molecule has 0 radical (unpaired) electrons. The van der Waals surface area contributed by atoms with Gasteiger partial charge in [-0.25, -0.2) is 0 Å². The van der Waals surface area contributed by atoms with Gasteiger partial charge in [0, 0.05) is 5.69 Å². The van der Waals surface area contributed by atoms with E-state index in [2.05, 4.69) is 49.6 Å². The van der Waals surface area contributed by atoms with Gasteiger partial charge in [0.15, 0.2) is 0 Å². The molecular weight excluding hydrogens is 260 g/mol. The summed E-state index contributed by atoms with van der Waals surface area (Å²) in [5.41, 5.74) is 3.33. The Balaban J connectivity index is 2.26. The van der Waals surface area contributed by atoms with Gasteiger partial charge in [-0.2, -0.15) is 0 Å². The van der Waals surface area contributed by atoms with E-state index in [1.165, 1.54) is 11.1 Å². The van der Waals surface area contributed by atoms with E-state index in [9.17, 15) is 4.79 Å². The fourth-order valence-corrected chi connectivity index (χ4v) is 3.30. The number of hydrogen-bond acceptors (Lipinski definition) is 2. The van der Waals surface area contributed by atoms with Gasteiger partial charge < -0.3 is 10.6 Å². The SMILES string of the molecule is CCc1cccc(CC)c1NC(=O)C1(CC)CCNCC1. The molecule has 1 amide bonds. The second kappa shape index (κ2) is 7.08. The number of carbonyl (C=O) groups excluding carboxylic acids is 1. The van der Waals surface area contributed by atoms with Crippen LogP contribution in [0, 0.1) is 5.41 Å². The van der Waals surface area contributed by atoms with Crippen molar-refractivity contribution >= 4 is 11.6 Å². The Morgan fingerprint density at radius 2 is 1.71 bits per heavy atom. The van der Waals surface area contributed by atoms with Crippen molar-refractivity contribution in [3.8, 4) is 0 Å². The molecule has 0 spiro atoms. The number of anilines is 1. The molecule has 1 aromatic carbocycles. The van der Waals surface area contributed by atoms with E-state index in [4.69, 9.17) is 0 Å². The van der Waals surface area contributed by atoms with Crippen LogP contribution in [0.15, 0.2) is 18.2 Å². The van der Waals surface area contributed by atoms with Crippen LogP contribution in [0.4, 0.5) is 5.69 Å². The van der Waals surface area contributed by atoms with Gasteiger partial charge in [-0.3, -0.25) is 4.79 Å². The second-order valence-corrected chi connectivity index (χ2v) is 6.00. The van der Waals surface area contributed by atoms with Crippen LogP contribution in [0.3, 0.4) is 0 Å². The van der Waals surface area contributed by atoms with E-state index < -0.39 is 0 Å². The highest BCUT2D eigenvalue weighted by atomic mass is 16.2. The molecular formula is C18H28N2O. The molecule has 3 heteroatoms. The maximum Gasteiger partial charge on any atom is 0.230 e. The summed E-state index contributed by atoms with van der Waals surface area (Å²) >= 11 is 0. The Morgan fingerprint density at radius 3 is 2.19 bits per heavy atom. The number of piperidine rings is 1. The zero-order chi connectivity index (χ0) is 15.3. The molecule has 1 aliphatic rings. The minimum atomic E-state index is -0.197. The average molecular weight is 288 g/mol. The third-order valence-electron chi connectivity index (χ3n) is 4.96. The maximum atomic E-state index is 12.9. The van der Waals surface area contributed by atoms with Crippen LogP contribution in [-0.2, 0) is 17.6 Å². The first-order valence-corrected chi connectivity index (χ1v) is 8.29. The maximum absolute atomic E-state index is 12.9. The van der Waals surface area contributed by atoms with Crippen molar-refractivity contribution in [1.82, 2.24) is 5.32 Å². The number of carbonyl (C=O) groups is 1. The van der Waals surface area contributed by atoms with Crippen LogP contribution >= 0.6 is 0 Å². The third kappa shape index (κ3) is 3.29. The molecule has 0 unspecified atom stereocenters. The van der Waals surface area contributed by atoms with Gasteiger partial charge in [0.05, 0.1) is 5.41 Å². The molecule has 1 heterocycles. The number of rotatable bonds is 5. The molecule has 21 heavy (non-hydrogen) atoms. The van der Waals surface area contributed by atoms with Crippen LogP contribution in [-0.4, -0.2) is 19.0 Å². The van der Waals surface area contributed by atoms with Gasteiger partial charge >= 0.3 is 0 Å². The fourth-order valence-electron chi connectivity index (χ4n) is 3.30. The largest absolute Gasteiger partial charge is 0.325 e. The van der Waals surface area contributed by atoms with Crippen LogP contribution in [0.25, 0.3) is 0 Å². The van der Waals surface area contributed by atoms with Crippen LogP contribution in [0.2, 0.25) is 0 Å². The summed E-state index contributed by atoms with van der Waals surface area (Å²) < 4.78 is 0. The fraction of sp³-hybridized carbons (Fsp3) is 0.611. The Morgan fingerprint density at radius 1 is 1.14 bits per heavy atom. The molecule has 2 N–H and O–H groups in total. The summed E-state index contributed by atoms with van der Waals surface area (Å²) in [7, 11) is 0. The van der Waals surface area contributed by atoms with E-state index >= 15 is 0 Å². The molecule has 116 valence electrons. The van der Waals surface area contributed by atoms with Crippen LogP contribution in [0.5, 0.6) is 0 Å². The first kappa shape index (κ1) is 16.0. The topological polar surface area (TPSA) is 41.1 Å². The second-order valence-electron chi connectivity index (χ2n) is 6.00. The van der Waals surface area contributed by atoms with Crippen molar-refractivity contribution in [2.75, 3.05) is 18.4 Å². The lowest BCUT2D eigenvalue weighted by Crippen LogP contribution is -2.44. The smallest absolute Gasteiger partial charge is 0.230 e. The van der Waals surface area contributed by atoms with Gasteiger partial charge in [-0.15, -0.1) is 0 Å². The lowest BCUT2D eigenvalue weighted by Gasteiger charge is -2.35. The highest BCUT2D eigenvalue weighted by Gasteiger charge is 2.38. The number of aryl methyl sites for hydroxylation is 2. The first-order valence-electron chi connectivity index (χ1n) is 8.29. The van der Waals surface area contributed by atoms with Crippen molar-refractivity contribution < 1.29 is 4.79 Å². The van der Waals surface area contributed by atoms with E-state index in [1.807, 2.05) is 0 Å². The van der Waals surface area contributed by atoms with E-state index in [0.717, 1.165) is 50.9 Å². The number of hydrogen-bond donors (Lipinski definition) is 2. The molecule has 0 aromatic heterocycles. The van der Waals surface area contributed by atoms with Crippen molar-refractivity contribution in [1.29, 1.82) is 0 Å². The molecule has 2 rings (SSSR count). The minimum Gasteiger partial charge on any atom is -0.325 e. The highest BCUT2D eigenvalue weighted by molar-refractivity contribution is 5.96. The summed E-state index contributed by atoms with van der Waals surface area (Å²) in [6, 6.07) is 6.33.